The second-order valence-corrected chi connectivity index (χ2v) is 7.22. The first-order chi connectivity index (χ1) is 14.2. The van der Waals surface area contributed by atoms with Gasteiger partial charge in [-0.3, -0.25) is 4.79 Å². The molecule has 0 aromatic heterocycles. The van der Waals surface area contributed by atoms with Crippen molar-refractivity contribution in [2.75, 3.05) is 38.2 Å². The highest BCUT2D eigenvalue weighted by Gasteiger charge is 2.25. The zero-order valence-electron chi connectivity index (χ0n) is 16.4. The van der Waals surface area contributed by atoms with Crippen LogP contribution in [0.2, 0.25) is 0 Å². The molecule has 1 atom stereocenters. The summed E-state index contributed by atoms with van der Waals surface area (Å²) in [6.45, 7) is 6.64. The Morgan fingerprint density at radius 2 is 2.07 bits per heavy atom. The molecule has 0 unspecified atom stereocenters. The predicted octanol–water partition coefficient (Wildman–Crippen LogP) is 3.74. The molecule has 1 N–H and O–H groups in total. The van der Waals surface area contributed by atoms with Crippen molar-refractivity contribution < 1.29 is 19.0 Å². The lowest BCUT2D eigenvalue weighted by Crippen LogP contribution is -2.45. The number of hydrogen-bond acceptors (Lipinski definition) is 5. The highest BCUT2D eigenvalue weighted by molar-refractivity contribution is 5.94. The molecule has 0 saturated carbocycles. The third-order valence-electron chi connectivity index (χ3n) is 5.07. The topological polar surface area (TPSA) is 60.0 Å². The van der Waals surface area contributed by atoms with Gasteiger partial charge in [-0.25, -0.2) is 0 Å². The number of carbonyl (C=O) groups excluding carboxylic acids is 1. The molecule has 2 aliphatic heterocycles. The van der Waals surface area contributed by atoms with Crippen LogP contribution in [0.4, 0.5) is 5.69 Å². The number of carbonyl (C=O) groups is 1. The highest BCUT2D eigenvalue weighted by Crippen LogP contribution is 2.33. The highest BCUT2D eigenvalue weighted by atomic mass is 16.6. The van der Waals surface area contributed by atoms with Crippen molar-refractivity contribution in [2.24, 2.45) is 0 Å². The molecule has 6 heteroatoms. The SMILES string of the molecule is C=CCOc1cccc(C(=O)N2CCC[C@@H](Nc3ccc4c(c3)OCCO4)C2)c1. The van der Waals surface area contributed by atoms with E-state index in [-0.39, 0.29) is 11.9 Å². The maximum Gasteiger partial charge on any atom is 0.254 e. The first kappa shape index (κ1) is 19.2. The summed E-state index contributed by atoms with van der Waals surface area (Å²) in [6, 6.07) is 13.4. The number of amides is 1. The molecular formula is C23H26N2O4. The third-order valence-corrected chi connectivity index (χ3v) is 5.07. The van der Waals surface area contributed by atoms with Crippen LogP contribution in [-0.2, 0) is 0 Å². The van der Waals surface area contributed by atoms with E-state index < -0.39 is 0 Å². The molecule has 1 amide bonds. The van der Waals surface area contributed by atoms with Crippen molar-refractivity contribution in [3.05, 3.63) is 60.7 Å². The average Bonchev–Trinajstić information content (AvgIpc) is 2.77. The molecule has 0 bridgehead atoms. The van der Waals surface area contributed by atoms with E-state index in [4.69, 9.17) is 14.2 Å². The van der Waals surface area contributed by atoms with E-state index in [9.17, 15) is 4.79 Å². The first-order valence-corrected chi connectivity index (χ1v) is 10.0. The van der Waals surface area contributed by atoms with E-state index in [2.05, 4.69) is 11.9 Å². The number of nitrogens with zero attached hydrogens (tertiary/aromatic N) is 1. The van der Waals surface area contributed by atoms with Crippen molar-refractivity contribution >= 4 is 11.6 Å². The van der Waals surface area contributed by atoms with Crippen LogP contribution in [0.1, 0.15) is 23.2 Å². The zero-order valence-corrected chi connectivity index (χ0v) is 16.4. The van der Waals surface area contributed by atoms with Crippen LogP contribution >= 0.6 is 0 Å². The van der Waals surface area contributed by atoms with Gasteiger partial charge in [-0.05, 0) is 43.2 Å². The monoisotopic (exact) mass is 394 g/mol. The Balaban J connectivity index is 1.40. The van der Waals surface area contributed by atoms with Crippen LogP contribution in [0.25, 0.3) is 0 Å². The van der Waals surface area contributed by atoms with Gasteiger partial charge in [-0.15, -0.1) is 0 Å². The first-order valence-electron chi connectivity index (χ1n) is 10.0. The van der Waals surface area contributed by atoms with Crippen LogP contribution < -0.4 is 19.5 Å². The quantitative estimate of drug-likeness (QED) is 0.757. The fourth-order valence-electron chi connectivity index (χ4n) is 3.70. The van der Waals surface area contributed by atoms with Gasteiger partial charge in [0.1, 0.15) is 25.6 Å². The van der Waals surface area contributed by atoms with Gasteiger partial charge in [0.05, 0.1) is 0 Å². The number of ether oxygens (including phenoxy) is 3. The molecule has 2 aromatic carbocycles. The van der Waals surface area contributed by atoms with Gasteiger partial charge in [0, 0.05) is 36.4 Å². The molecule has 152 valence electrons. The van der Waals surface area contributed by atoms with Gasteiger partial charge in [0.15, 0.2) is 11.5 Å². The van der Waals surface area contributed by atoms with Gasteiger partial charge in [0.2, 0.25) is 0 Å². The van der Waals surface area contributed by atoms with E-state index in [0.29, 0.717) is 37.7 Å². The fourth-order valence-corrected chi connectivity index (χ4v) is 3.70. The Morgan fingerprint density at radius 3 is 2.93 bits per heavy atom. The summed E-state index contributed by atoms with van der Waals surface area (Å²) < 4.78 is 16.8. The molecular weight excluding hydrogens is 368 g/mol. The summed E-state index contributed by atoms with van der Waals surface area (Å²) in [4.78, 5) is 14.9. The molecule has 0 radical (unpaired) electrons. The predicted molar refractivity (Wildman–Crippen MR) is 112 cm³/mol. The van der Waals surface area contributed by atoms with Gasteiger partial charge in [-0.1, -0.05) is 18.7 Å². The Morgan fingerprint density at radius 1 is 1.21 bits per heavy atom. The van der Waals surface area contributed by atoms with E-state index in [1.807, 2.05) is 41.3 Å². The van der Waals surface area contributed by atoms with Gasteiger partial charge in [0.25, 0.3) is 5.91 Å². The number of hydrogen-bond donors (Lipinski definition) is 1. The number of anilines is 1. The molecule has 4 rings (SSSR count). The van der Waals surface area contributed by atoms with E-state index in [1.54, 1.807) is 12.1 Å². The van der Waals surface area contributed by atoms with Crippen molar-refractivity contribution in [1.82, 2.24) is 4.90 Å². The van der Waals surface area contributed by atoms with E-state index >= 15 is 0 Å². The maximum atomic E-state index is 13.0. The lowest BCUT2D eigenvalue weighted by molar-refractivity contribution is 0.0714. The second kappa shape index (κ2) is 8.90. The van der Waals surface area contributed by atoms with E-state index in [0.717, 1.165) is 36.6 Å². The molecule has 0 spiro atoms. The largest absolute Gasteiger partial charge is 0.490 e. The summed E-state index contributed by atoms with van der Waals surface area (Å²) in [6.07, 6.45) is 3.66. The van der Waals surface area contributed by atoms with Crippen LogP contribution in [-0.4, -0.2) is 49.8 Å². The van der Waals surface area contributed by atoms with Gasteiger partial charge < -0.3 is 24.4 Å². The molecule has 1 fully saturated rings. The van der Waals surface area contributed by atoms with Crippen LogP contribution in [0.15, 0.2) is 55.1 Å². The Hall–Kier alpha value is -3.15. The average molecular weight is 394 g/mol. The normalized spacial score (nSPS) is 18.1. The minimum atomic E-state index is 0.0303. The van der Waals surface area contributed by atoms with Crippen molar-refractivity contribution in [2.45, 2.75) is 18.9 Å². The fraction of sp³-hybridized carbons (Fsp3) is 0.348. The minimum absolute atomic E-state index is 0.0303. The van der Waals surface area contributed by atoms with Crippen LogP contribution in [0.5, 0.6) is 17.2 Å². The van der Waals surface area contributed by atoms with Crippen molar-refractivity contribution in [1.29, 1.82) is 0 Å². The molecule has 2 heterocycles. The van der Waals surface area contributed by atoms with Crippen LogP contribution in [0, 0.1) is 0 Å². The van der Waals surface area contributed by atoms with Crippen molar-refractivity contribution in [3.8, 4) is 17.2 Å². The van der Waals surface area contributed by atoms with Gasteiger partial charge >= 0.3 is 0 Å². The third kappa shape index (κ3) is 4.65. The number of piperidine rings is 1. The summed E-state index contributed by atoms with van der Waals surface area (Å²) >= 11 is 0. The summed E-state index contributed by atoms with van der Waals surface area (Å²) in [5, 5.41) is 3.54. The zero-order chi connectivity index (χ0) is 20.1. The Labute approximate surface area is 171 Å². The maximum absolute atomic E-state index is 13.0. The Bertz CT molecular complexity index is 883. The number of benzene rings is 2. The summed E-state index contributed by atoms with van der Waals surface area (Å²) in [7, 11) is 0. The molecule has 2 aromatic rings. The molecule has 0 aliphatic carbocycles. The minimum Gasteiger partial charge on any atom is -0.490 e. The molecule has 2 aliphatic rings. The lowest BCUT2D eigenvalue weighted by atomic mass is 10.0. The molecule has 1 saturated heterocycles. The number of likely N-dealkylation sites (tertiary alicyclic amines) is 1. The number of fused-ring (bicyclic) bond motifs is 1. The smallest absolute Gasteiger partial charge is 0.254 e. The second-order valence-electron chi connectivity index (χ2n) is 7.22. The standard InChI is InChI=1S/C23H26N2O4/c1-2-11-27-20-7-3-5-17(14-20)23(26)25-10-4-6-19(16-25)24-18-8-9-21-22(15-18)29-13-12-28-21/h2-3,5,7-9,14-15,19,24H,1,4,6,10-13,16H2/t19-/m1/s1. The summed E-state index contributed by atoms with van der Waals surface area (Å²) in [5.41, 5.74) is 1.62. The summed E-state index contributed by atoms with van der Waals surface area (Å²) in [5.74, 6) is 2.25. The van der Waals surface area contributed by atoms with Crippen LogP contribution in [0.3, 0.4) is 0 Å². The van der Waals surface area contributed by atoms with E-state index in [1.165, 1.54) is 0 Å². The molecule has 6 nitrogen and oxygen atoms in total. The van der Waals surface area contributed by atoms with Crippen molar-refractivity contribution in [3.63, 3.8) is 0 Å². The molecule has 29 heavy (non-hydrogen) atoms. The Kier molecular flexibility index (Phi) is 5.89. The number of rotatable bonds is 6. The number of nitrogens with one attached hydrogen (secondary N) is 1. The van der Waals surface area contributed by atoms with Gasteiger partial charge in [-0.2, -0.15) is 0 Å². The lowest BCUT2D eigenvalue weighted by Gasteiger charge is -2.34.